The predicted octanol–water partition coefficient (Wildman–Crippen LogP) is 2.48. The molecule has 1 N–H and O–H groups in total. The van der Waals surface area contributed by atoms with E-state index in [1.807, 2.05) is 0 Å². The first-order valence-electron chi connectivity index (χ1n) is 6.80. The first-order chi connectivity index (χ1) is 9.38. The maximum absolute atomic E-state index is 12.5. The topological polar surface area (TPSA) is 49.8 Å². The summed E-state index contributed by atoms with van der Waals surface area (Å²) in [5.74, 6) is 0.511. The Morgan fingerprint density at radius 3 is 2.65 bits per heavy atom. The smallest absolute Gasteiger partial charge is 0.266 e. The number of carbonyl (C=O) groups excluding carboxylic acids is 1. The summed E-state index contributed by atoms with van der Waals surface area (Å²) < 4.78 is 5.79. The molecule has 1 amide bonds. The van der Waals surface area contributed by atoms with Crippen LogP contribution in [0.5, 0.6) is 5.75 Å². The highest BCUT2D eigenvalue weighted by atomic mass is 35.5. The zero-order valence-electron chi connectivity index (χ0n) is 11.8. The normalized spacial score (nSPS) is 17.1. The van der Waals surface area contributed by atoms with E-state index >= 15 is 0 Å². The Bertz CT molecular complexity index is 482. The monoisotopic (exact) mass is 297 g/mol. The minimum atomic E-state index is -0.951. The van der Waals surface area contributed by atoms with Gasteiger partial charge in [0.25, 0.3) is 5.91 Å². The lowest BCUT2D eigenvalue weighted by atomic mass is 10.0. The van der Waals surface area contributed by atoms with Crippen LogP contribution in [0.1, 0.15) is 26.7 Å². The van der Waals surface area contributed by atoms with E-state index < -0.39 is 5.60 Å². The molecule has 0 aliphatic carbocycles. The number of ether oxygens (including phenoxy) is 1. The highest BCUT2D eigenvalue weighted by molar-refractivity contribution is 6.30. The van der Waals surface area contributed by atoms with E-state index in [0.717, 1.165) is 0 Å². The van der Waals surface area contributed by atoms with E-state index in [9.17, 15) is 9.90 Å². The van der Waals surface area contributed by atoms with E-state index in [1.54, 1.807) is 43.0 Å². The highest BCUT2D eigenvalue weighted by Crippen LogP contribution is 2.24. The van der Waals surface area contributed by atoms with Crippen LogP contribution in [0.2, 0.25) is 5.02 Å². The number of hydrogen-bond donors (Lipinski definition) is 1. The molecule has 1 aromatic rings. The van der Waals surface area contributed by atoms with Crippen molar-refractivity contribution in [2.75, 3.05) is 13.1 Å². The van der Waals surface area contributed by atoms with Crippen molar-refractivity contribution in [1.29, 1.82) is 0 Å². The van der Waals surface area contributed by atoms with E-state index in [0.29, 0.717) is 36.7 Å². The summed E-state index contributed by atoms with van der Waals surface area (Å²) in [5, 5.41) is 10.1. The summed E-state index contributed by atoms with van der Waals surface area (Å²) in [7, 11) is 0. The Morgan fingerprint density at radius 1 is 1.40 bits per heavy atom. The van der Waals surface area contributed by atoms with Gasteiger partial charge in [0.05, 0.1) is 6.10 Å². The Balaban J connectivity index is 2.03. The van der Waals surface area contributed by atoms with E-state index in [4.69, 9.17) is 16.3 Å². The predicted molar refractivity (Wildman–Crippen MR) is 78.0 cm³/mol. The van der Waals surface area contributed by atoms with Crippen LogP contribution >= 0.6 is 11.6 Å². The molecule has 1 fully saturated rings. The number of likely N-dealkylation sites (tertiary alicyclic amines) is 1. The van der Waals surface area contributed by atoms with Gasteiger partial charge in [-0.05, 0) is 44.9 Å². The summed E-state index contributed by atoms with van der Waals surface area (Å²) >= 11 is 5.91. The summed E-state index contributed by atoms with van der Waals surface area (Å²) in [4.78, 5) is 14.2. The third-order valence-corrected chi connectivity index (χ3v) is 3.67. The van der Waals surface area contributed by atoms with Gasteiger partial charge in [0.2, 0.25) is 0 Å². The largest absolute Gasteiger partial charge is 0.478 e. The Morgan fingerprint density at radius 2 is 2.05 bits per heavy atom. The van der Waals surface area contributed by atoms with Crippen molar-refractivity contribution in [2.24, 2.45) is 0 Å². The van der Waals surface area contributed by atoms with Gasteiger partial charge in [0.15, 0.2) is 5.60 Å². The lowest BCUT2D eigenvalue weighted by Crippen LogP contribution is -2.51. The number of rotatable bonds is 3. The Kier molecular flexibility index (Phi) is 4.55. The van der Waals surface area contributed by atoms with Crippen LogP contribution < -0.4 is 4.74 Å². The van der Waals surface area contributed by atoms with Crippen molar-refractivity contribution in [3.63, 3.8) is 0 Å². The zero-order chi connectivity index (χ0) is 14.8. The van der Waals surface area contributed by atoms with Gasteiger partial charge in [0.1, 0.15) is 5.75 Å². The van der Waals surface area contributed by atoms with Crippen LogP contribution in [0.3, 0.4) is 0 Å². The van der Waals surface area contributed by atoms with Crippen molar-refractivity contribution in [3.8, 4) is 5.75 Å². The van der Waals surface area contributed by atoms with Gasteiger partial charge in [-0.1, -0.05) is 17.7 Å². The van der Waals surface area contributed by atoms with Crippen LogP contribution in [0.15, 0.2) is 24.3 Å². The SMILES string of the molecule is CC(C)(Oc1cccc(Cl)c1)C(=O)N1CCC(O)CC1. The second-order valence-corrected chi connectivity index (χ2v) is 6.03. The number of amides is 1. The van der Waals surface area contributed by atoms with Crippen LogP contribution in [-0.4, -0.2) is 40.7 Å². The van der Waals surface area contributed by atoms with Crippen LogP contribution in [0.4, 0.5) is 0 Å². The molecule has 2 rings (SSSR count). The van der Waals surface area contributed by atoms with E-state index in [2.05, 4.69) is 0 Å². The fraction of sp³-hybridized carbons (Fsp3) is 0.533. The van der Waals surface area contributed by atoms with Crippen molar-refractivity contribution >= 4 is 17.5 Å². The molecule has 0 spiro atoms. The lowest BCUT2D eigenvalue weighted by molar-refractivity contribution is -0.147. The lowest BCUT2D eigenvalue weighted by Gasteiger charge is -2.35. The molecular formula is C15H20ClNO3. The summed E-state index contributed by atoms with van der Waals surface area (Å²) in [6.07, 6.45) is 0.953. The summed E-state index contributed by atoms with van der Waals surface area (Å²) in [6, 6.07) is 7.02. The van der Waals surface area contributed by atoms with Gasteiger partial charge in [-0.15, -0.1) is 0 Å². The maximum atomic E-state index is 12.5. The summed E-state index contributed by atoms with van der Waals surface area (Å²) in [5.41, 5.74) is -0.951. The summed E-state index contributed by atoms with van der Waals surface area (Å²) in [6.45, 7) is 4.65. The van der Waals surface area contributed by atoms with Crippen molar-refractivity contribution < 1.29 is 14.6 Å². The number of hydrogen-bond acceptors (Lipinski definition) is 3. The second-order valence-electron chi connectivity index (χ2n) is 5.59. The molecule has 5 heteroatoms. The van der Waals surface area contributed by atoms with Gasteiger partial charge < -0.3 is 14.7 Å². The van der Waals surface area contributed by atoms with Gasteiger partial charge in [-0.2, -0.15) is 0 Å². The van der Waals surface area contributed by atoms with Gasteiger partial charge in [-0.25, -0.2) is 0 Å². The fourth-order valence-corrected chi connectivity index (χ4v) is 2.50. The highest BCUT2D eigenvalue weighted by Gasteiger charge is 2.35. The molecule has 1 aromatic carbocycles. The quantitative estimate of drug-likeness (QED) is 0.932. The van der Waals surface area contributed by atoms with Crippen molar-refractivity contribution in [1.82, 2.24) is 4.90 Å². The number of piperidine rings is 1. The second kappa shape index (κ2) is 6.02. The average Bonchev–Trinajstić information content (AvgIpc) is 2.38. The van der Waals surface area contributed by atoms with Gasteiger partial charge in [-0.3, -0.25) is 4.79 Å². The number of halogens is 1. The van der Waals surface area contributed by atoms with Crippen molar-refractivity contribution in [2.45, 2.75) is 38.4 Å². The molecule has 4 nitrogen and oxygen atoms in total. The molecule has 1 aliphatic heterocycles. The molecule has 0 aromatic heterocycles. The van der Waals surface area contributed by atoms with E-state index in [-0.39, 0.29) is 12.0 Å². The molecule has 110 valence electrons. The van der Waals surface area contributed by atoms with Crippen molar-refractivity contribution in [3.05, 3.63) is 29.3 Å². The van der Waals surface area contributed by atoms with Crippen LogP contribution in [0.25, 0.3) is 0 Å². The number of aliphatic hydroxyl groups excluding tert-OH is 1. The first kappa shape index (κ1) is 15.1. The molecule has 0 radical (unpaired) electrons. The third-order valence-electron chi connectivity index (χ3n) is 3.44. The minimum absolute atomic E-state index is 0.0654. The molecule has 1 heterocycles. The Labute approximate surface area is 124 Å². The number of benzene rings is 1. The third kappa shape index (κ3) is 3.64. The first-order valence-corrected chi connectivity index (χ1v) is 7.18. The molecule has 0 atom stereocenters. The molecule has 20 heavy (non-hydrogen) atoms. The van der Waals surface area contributed by atoms with Crippen LogP contribution in [-0.2, 0) is 4.79 Å². The Hall–Kier alpha value is -1.26. The number of aliphatic hydroxyl groups is 1. The fourth-order valence-electron chi connectivity index (χ4n) is 2.32. The standard InChI is InChI=1S/C15H20ClNO3/c1-15(2,20-13-5-3-4-11(16)10-13)14(19)17-8-6-12(18)7-9-17/h3-5,10,12,18H,6-9H2,1-2H3. The van der Waals surface area contributed by atoms with Crippen LogP contribution in [0, 0.1) is 0 Å². The average molecular weight is 298 g/mol. The zero-order valence-corrected chi connectivity index (χ0v) is 12.6. The maximum Gasteiger partial charge on any atom is 0.266 e. The molecule has 0 bridgehead atoms. The molecule has 0 saturated carbocycles. The number of nitrogens with zero attached hydrogens (tertiary/aromatic N) is 1. The number of carbonyl (C=O) groups is 1. The molecule has 1 aliphatic rings. The molecule has 0 unspecified atom stereocenters. The molecular weight excluding hydrogens is 278 g/mol. The van der Waals surface area contributed by atoms with Gasteiger partial charge >= 0.3 is 0 Å². The van der Waals surface area contributed by atoms with Gasteiger partial charge in [0, 0.05) is 18.1 Å². The molecule has 1 saturated heterocycles. The van der Waals surface area contributed by atoms with E-state index in [1.165, 1.54) is 0 Å². The minimum Gasteiger partial charge on any atom is -0.478 e.